The molecule has 0 radical (unpaired) electrons. The molecule has 2 fully saturated rings. The highest BCUT2D eigenvalue weighted by atomic mass is 16.3. The summed E-state index contributed by atoms with van der Waals surface area (Å²) in [6.45, 7) is 1.98. The Morgan fingerprint density at radius 2 is 1.86 bits per heavy atom. The Morgan fingerprint density at radius 3 is 2.48 bits per heavy atom. The number of hydrogen-bond donors (Lipinski definition) is 2. The van der Waals surface area contributed by atoms with Gasteiger partial charge in [0.15, 0.2) is 0 Å². The van der Waals surface area contributed by atoms with E-state index in [1.807, 2.05) is 37.3 Å². The minimum Gasteiger partial charge on any atom is -0.388 e. The standard InChI is InChI=1S/C18H25NO2/c1-12(11-16(20)13-7-3-2-4-8-13)19-18(21)17-14-9-5-6-10-15(14)17/h2-4,7-8,12,14-17,20H,5-6,9-11H2,1H3,(H,19,21). The van der Waals surface area contributed by atoms with Crippen molar-refractivity contribution in [3.8, 4) is 0 Å². The van der Waals surface area contributed by atoms with Crippen molar-refractivity contribution >= 4 is 5.91 Å². The van der Waals surface area contributed by atoms with E-state index < -0.39 is 6.10 Å². The maximum Gasteiger partial charge on any atom is 0.223 e. The molecule has 0 aromatic heterocycles. The Morgan fingerprint density at radius 1 is 1.24 bits per heavy atom. The molecule has 0 saturated heterocycles. The topological polar surface area (TPSA) is 49.3 Å². The molecule has 0 bridgehead atoms. The molecule has 3 rings (SSSR count). The predicted octanol–water partition coefficient (Wildman–Crippen LogP) is 3.05. The summed E-state index contributed by atoms with van der Waals surface area (Å²) in [5.41, 5.74) is 0.915. The number of carbonyl (C=O) groups excluding carboxylic acids is 1. The maximum absolute atomic E-state index is 12.3. The lowest BCUT2D eigenvalue weighted by Gasteiger charge is -2.18. The Labute approximate surface area is 126 Å². The van der Waals surface area contributed by atoms with Crippen LogP contribution in [-0.4, -0.2) is 17.1 Å². The maximum atomic E-state index is 12.3. The zero-order chi connectivity index (χ0) is 14.8. The Bertz CT molecular complexity index is 475. The van der Waals surface area contributed by atoms with Gasteiger partial charge < -0.3 is 10.4 Å². The fourth-order valence-corrected chi connectivity index (χ4v) is 3.93. The van der Waals surface area contributed by atoms with Gasteiger partial charge in [0.2, 0.25) is 5.91 Å². The van der Waals surface area contributed by atoms with Gasteiger partial charge in [-0.05, 0) is 43.6 Å². The lowest BCUT2D eigenvalue weighted by molar-refractivity contribution is -0.123. The van der Waals surface area contributed by atoms with Gasteiger partial charge in [0.25, 0.3) is 0 Å². The molecule has 3 nitrogen and oxygen atoms in total. The van der Waals surface area contributed by atoms with Crippen molar-refractivity contribution in [3.63, 3.8) is 0 Å². The van der Waals surface area contributed by atoms with Crippen molar-refractivity contribution in [2.45, 2.75) is 51.2 Å². The number of fused-ring (bicyclic) bond motifs is 1. The van der Waals surface area contributed by atoms with E-state index in [0.717, 1.165) is 5.56 Å². The number of aliphatic hydroxyl groups excluding tert-OH is 1. The molecular weight excluding hydrogens is 262 g/mol. The summed E-state index contributed by atoms with van der Waals surface area (Å²) >= 11 is 0. The Kier molecular flexibility index (Phi) is 4.29. The van der Waals surface area contributed by atoms with E-state index in [4.69, 9.17) is 0 Å². The van der Waals surface area contributed by atoms with Crippen LogP contribution >= 0.6 is 0 Å². The van der Waals surface area contributed by atoms with Gasteiger partial charge in [0, 0.05) is 12.0 Å². The second-order valence-electron chi connectivity index (χ2n) is 6.71. The van der Waals surface area contributed by atoms with Crippen LogP contribution < -0.4 is 5.32 Å². The van der Waals surface area contributed by atoms with Gasteiger partial charge in [-0.3, -0.25) is 4.79 Å². The van der Waals surface area contributed by atoms with Crippen LogP contribution in [-0.2, 0) is 4.79 Å². The van der Waals surface area contributed by atoms with E-state index >= 15 is 0 Å². The summed E-state index contributed by atoms with van der Waals surface area (Å²) < 4.78 is 0. The minimum absolute atomic E-state index is 0.00959. The average molecular weight is 287 g/mol. The van der Waals surface area contributed by atoms with Crippen LogP contribution in [0.3, 0.4) is 0 Å². The molecule has 2 aliphatic carbocycles. The van der Waals surface area contributed by atoms with Gasteiger partial charge in [-0.15, -0.1) is 0 Å². The lowest BCUT2D eigenvalue weighted by atomic mass is 10.0. The number of amides is 1. The van der Waals surface area contributed by atoms with Crippen molar-refractivity contribution in [2.75, 3.05) is 0 Å². The molecule has 4 unspecified atom stereocenters. The van der Waals surface area contributed by atoms with Crippen LogP contribution in [0.2, 0.25) is 0 Å². The first-order chi connectivity index (χ1) is 10.2. The van der Waals surface area contributed by atoms with Crippen molar-refractivity contribution < 1.29 is 9.90 Å². The highest BCUT2D eigenvalue weighted by Crippen LogP contribution is 2.55. The van der Waals surface area contributed by atoms with Crippen LogP contribution in [0.1, 0.15) is 50.7 Å². The van der Waals surface area contributed by atoms with Gasteiger partial charge >= 0.3 is 0 Å². The molecule has 2 saturated carbocycles. The van der Waals surface area contributed by atoms with Crippen molar-refractivity contribution in [2.24, 2.45) is 17.8 Å². The molecule has 2 N–H and O–H groups in total. The highest BCUT2D eigenvalue weighted by molar-refractivity contribution is 5.82. The summed E-state index contributed by atoms with van der Waals surface area (Å²) in [6, 6.07) is 9.66. The van der Waals surface area contributed by atoms with Gasteiger partial charge in [0.1, 0.15) is 0 Å². The number of carbonyl (C=O) groups is 1. The van der Waals surface area contributed by atoms with E-state index in [0.29, 0.717) is 18.3 Å². The lowest BCUT2D eigenvalue weighted by Crippen LogP contribution is -2.35. The number of aliphatic hydroxyl groups is 1. The van der Waals surface area contributed by atoms with E-state index in [2.05, 4.69) is 5.32 Å². The fourth-order valence-electron chi connectivity index (χ4n) is 3.93. The van der Waals surface area contributed by atoms with E-state index in [1.54, 1.807) is 0 Å². The quantitative estimate of drug-likeness (QED) is 0.874. The predicted molar refractivity (Wildman–Crippen MR) is 82.6 cm³/mol. The van der Waals surface area contributed by atoms with Crippen molar-refractivity contribution in [3.05, 3.63) is 35.9 Å². The molecule has 114 valence electrons. The third kappa shape index (κ3) is 3.29. The normalized spacial score (nSPS) is 30.1. The molecule has 1 aromatic carbocycles. The first kappa shape index (κ1) is 14.6. The van der Waals surface area contributed by atoms with E-state index in [1.165, 1.54) is 25.7 Å². The van der Waals surface area contributed by atoms with E-state index in [-0.39, 0.29) is 17.9 Å². The van der Waals surface area contributed by atoms with Crippen LogP contribution in [0.5, 0.6) is 0 Å². The highest BCUT2D eigenvalue weighted by Gasteiger charge is 2.54. The molecule has 1 aromatic rings. The minimum atomic E-state index is -0.511. The smallest absolute Gasteiger partial charge is 0.223 e. The number of hydrogen-bond acceptors (Lipinski definition) is 2. The molecule has 0 spiro atoms. The van der Waals surface area contributed by atoms with Gasteiger partial charge in [0.05, 0.1) is 6.10 Å². The molecule has 3 heteroatoms. The molecule has 4 atom stereocenters. The van der Waals surface area contributed by atoms with E-state index in [9.17, 15) is 9.90 Å². The van der Waals surface area contributed by atoms with Crippen LogP contribution in [0, 0.1) is 17.8 Å². The molecular formula is C18H25NO2. The molecule has 1 amide bonds. The van der Waals surface area contributed by atoms with Crippen molar-refractivity contribution in [1.82, 2.24) is 5.32 Å². The number of nitrogens with one attached hydrogen (secondary N) is 1. The van der Waals surface area contributed by atoms with Crippen LogP contribution in [0.4, 0.5) is 0 Å². The summed E-state index contributed by atoms with van der Waals surface area (Å²) in [6.07, 6.45) is 5.08. The molecule has 2 aliphatic rings. The van der Waals surface area contributed by atoms with Crippen LogP contribution in [0.25, 0.3) is 0 Å². The number of benzene rings is 1. The molecule has 0 heterocycles. The second-order valence-corrected chi connectivity index (χ2v) is 6.71. The first-order valence-electron chi connectivity index (χ1n) is 8.20. The molecule has 0 aliphatic heterocycles. The zero-order valence-electron chi connectivity index (χ0n) is 12.7. The largest absolute Gasteiger partial charge is 0.388 e. The summed E-state index contributed by atoms with van der Waals surface area (Å²) in [4.78, 5) is 12.3. The monoisotopic (exact) mass is 287 g/mol. The fraction of sp³-hybridized carbons (Fsp3) is 0.611. The first-order valence-corrected chi connectivity index (χ1v) is 8.20. The number of rotatable bonds is 5. The SMILES string of the molecule is CC(CC(O)c1ccccc1)NC(=O)C1C2CCCCC21. The summed E-state index contributed by atoms with van der Waals surface area (Å²) in [5, 5.41) is 13.3. The van der Waals surface area contributed by atoms with Gasteiger partial charge in [-0.1, -0.05) is 43.2 Å². The third-order valence-electron chi connectivity index (χ3n) is 5.11. The van der Waals surface area contributed by atoms with Gasteiger partial charge in [-0.25, -0.2) is 0 Å². The van der Waals surface area contributed by atoms with Crippen LogP contribution in [0.15, 0.2) is 30.3 Å². The Hall–Kier alpha value is -1.35. The zero-order valence-corrected chi connectivity index (χ0v) is 12.7. The average Bonchev–Trinajstić information content (AvgIpc) is 3.22. The molecule has 21 heavy (non-hydrogen) atoms. The van der Waals surface area contributed by atoms with Crippen molar-refractivity contribution in [1.29, 1.82) is 0 Å². The summed E-state index contributed by atoms with van der Waals surface area (Å²) in [7, 11) is 0. The van der Waals surface area contributed by atoms with Gasteiger partial charge in [-0.2, -0.15) is 0 Å². The summed E-state index contributed by atoms with van der Waals surface area (Å²) in [5.74, 6) is 1.75. The Balaban J connectivity index is 1.48. The third-order valence-corrected chi connectivity index (χ3v) is 5.11. The second kappa shape index (κ2) is 6.18.